The third-order valence-electron chi connectivity index (χ3n) is 3.91. The van der Waals surface area contributed by atoms with Crippen LogP contribution in [0.5, 0.6) is 0 Å². The Morgan fingerprint density at radius 3 is 2.58 bits per heavy atom. The molecule has 3 rings (SSSR count). The lowest BCUT2D eigenvalue weighted by atomic mass is 10.4. The third kappa shape index (κ3) is 3.43. The normalized spacial score (nSPS) is 12.3. The van der Waals surface area contributed by atoms with Crippen LogP contribution in [0.15, 0.2) is 51.1 Å². The van der Waals surface area contributed by atoms with Crippen molar-refractivity contribution in [3.8, 4) is 0 Å². The van der Waals surface area contributed by atoms with Gasteiger partial charge in [-0.15, -0.1) is 0 Å². The van der Waals surface area contributed by atoms with Crippen LogP contribution in [0.25, 0.3) is 11.2 Å². The Kier molecular flexibility index (Phi) is 4.99. The van der Waals surface area contributed by atoms with Crippen molar-refractivity contribution in [3.05, 3.63) is 57.5 Å². The number of thioether (sulfide) groups is 1. The molecule has 0 saturated carbocycles. The zero-order valence-electron chi connectivity index (χ0n) is 14.6. The smallest absolute Gasteiger partial charge is 0.372 e. The average Bonchev–Trinajstić information content (AvgIpc) is 3.02. The summed E-state index contributed by atoms with van der Waals surface area (Å²) in [4.78, 5) is 41.3. The maximum absolute atomic E-state index is 12.4. The molecule has 136 valence electrons. The highest BCUT2D eigenvalue weighted by atomic mass is 32.2. The lowest BCUT2D eigenvalue weighted by molar-refractivity contribution is 0.123. The highest BCUT2D eigenvalue weighted by Gasteiger charge is 2.17. The molecule has 2 heterocycles. The van der Waals surface area contributed by atoms with Gasteiger partial charge in [-0.1, -0.05) is 18.2 Å². The van der Waals surface area contributed by atoms with Crippen LogP contribution in [-0.4, -0.2) is 30.1 Å². The zero-order valence-corrected chi connectivity index (χ0v) is 15.4. The van der Waals surface area contributed by atoms with Crippen LogP contribution in [0.4, 0.5) is 4.79 Å². The predicted octanol–water partition coefficient (Wildman–Crippen LogP) is 1.75. The number of fused-ring (bicyclic) bond motifs is 1. The fraction of sp³-hybridized carbons (Fsp3) is 0.294. The minimum absolute atomic E-state index is 0.255. The van der Waals surface area contributed by atoms with Gasteiger partial charge in [0.25, 0.3) is 5.56 Å². The van der Waals surface area contributed by atoms with Crippen molar-refractivity contribution in [2.45, 2.75) is 24.5 Å². The molecule has 8 nitrogen and oxygen atoms in total. The minimum Gasteiger partial charge on any atom is -0.452 e. The predicted molar refractivity (Wildman–Crippen MR) is 98.5 cm³/mol. The molecule has 0 amide bonds. The number of hydrogen-bond acceptors (Lipinski definition) is 6. The molecule has 1 atom stereocenters. The van der Waals surface area contributed by atoms with Crippen LogP contribution < -0.4 is 11.2 Å². The highest BCUT2D eigenvalue weighted by Crippen LogP contribution is 2.20. The maximum atomic E-state index is 12.4. The van der Waals surface area contributed by atoms with Crippen molar-refractivity contribution >= 4 is 28.2 Å². The molecule has 2 aromatic heterocycles. The minimum atomic E-state index is -0.474. The van der Waals surface area contributed by atoms with Gasteiger partial charge in [-0.25, -0.2) is 14.6 Å². The van der Waals surface area contributed by atoms with Crippen LogP contribution in [0.2, 0.25) is 0 Å². The number of carbonyl (C=O) groups excluding carboxylic acids is 1. The monoisotopic (exact) mass is 374 g/mol. The van der Waals surface area contributed by atoms with E-state index in [0.29, 0.717) is 11.2 Å². The molecule has 1 aromatic carbocycles. The summed E-state index contributed by atoms with van der Waals surface area (Å²) in [7, 11) is 2.98. The molecule has 0 fully saturated rings. The summed E-state index contributed by atoms with van der Waals surface area (Å²) in [5, 5.41) is -0.423. The first-order valence-electron chi connectivity index (χ1n) is 7.93. The Hall–Kier alpha value is -2.81. The molecule has 0 spiro atoms. The number of hydrogen-bond donors (Lipinski definition) is 0. The van der Waals surface area contributed by atoms with Gasteiger partial charge in [0, 0.05) is 19.0 Å². The molecule has 0 N–H and O–H groups in total. The molecule has 1 unspecified atom stereocenters. The standard InChI is InChI=1S/C17H18N4O4S/c1-11(25-17(24)26-12-7-5-4-6-8-12)9-21-10-18-14-13(21)15(22)20(3)16(23)19(14)2/h4-8,10-11H,9H2,1-3H3. The fourth-order valence-corrected chi connectivity index (χ4v) is 3.32. The molecule has 0 saturated heterocycles. The Morgan fingerprint density at radius 2 is 1.88 bits per heavy atom. The van der Waals surface area contributed by atoms with Crippen molar-refractivity contribution in [2.75, 3.05) is 0 Å². The van der Waals surface area contributed by atoms with E-state index in [9.17, 15) is 14.4 Å². The Balaban J connectivity index is 1.78. The van der Waals surface area contributed by atoms with E-state index in [1.807, 2.05) is 30.3 Å². The molecular formula is C17H18N4O4S. The van der Waals surface area contributed by atoms with E-state index in [0.717, 1.165) is 21.2 Å². The van der Waals surface area contributed by atoms with Crippen LogP contribution in [0.3, 0.4) is 0 Å². The van der Waals surface area contributed by atoms with Gasteiger partial charge in [0.15, 0.2) is 11.2 Å². The fourth-order valence-electron chi connectivity index (χ4n) is 2.62. The van der Waals surface area contributed by atoms with E-state index in [1.54, 1.807) is 18.5 Å². The van der Waals surface area contributed by atoms with Crippen molar-refractivity contribution in [2.24, 2.45) is 14.1 Å². The average molecular weight is 374 g/mol. The topological polar surface area (TPSA) is 88.1 Å². The molecule has 26 heavy (non-hydrogen) atoms. The summed E-state index contributed by atoms with van der Waals surface area (Å²) in [5.74, 6) is 0. The lowest BCUT2D eigenvalue weighted by Crippen LogP contribution is -2.37. The van der Waals surface area contributed by atoms with E-state index in [4.69, 9.17) is 4.74 Å². The van der Waals surface area contributed by atoms with E-state index in [-0.39, 0.29) is 6.54 Å². The SMILES string of the molecule is CC(Cn1cnc2c1c(=O)n(C)c(=O)n2C)OC(=O)Sc1ccccc1. The number of nitrogens with zero attached hydrogens (tertiary/aromatic N) is 4. The van der Waals surface area contributed by atoms with Crippen molar-refractivity contribution in [1.82, 2.24) is 18.7 Å². The molecule has 0 aliphatic carbocycles. The first kappa shape index (κ1) is 18.0. The first-order valence-corrected chi connectivity index (χ1v) is 8.74. The van der Waals surface area contributed by atoms with Crippen molar-refractivity contribution < 1.29 is 9.53 Å². The van der Waals surface area contributed by atoms with Gasteiger partial charge in [0.1, 0.15) is 6.10 Å². The zero-order chi connectivity index (χ0) is 18.8. The van der Waals surface area contributed by atoms with Crippen molar-refractivity contribution in [1.29, 1.82) is 0 Å². The molecule has 0 radical (unpaired) electrons. The van der Waals surface area contributed by atoms with Crippen LogP contribution in [-0.2, 0) is 25.4 Å². The molecule has 0 aliphatic heterocycles. The van der Waals surface area contributed by atoms with Gasteiger partial charge in [0.2, 0.25) is 0 Å². The number of aromatic nitrogens is 4. The first-order chi connectivity index (χ1) is 12.4. The number of ether oxygens (including phenoxy) is 1. The van der Waals surface area contributed by atoms with Gasteiger partial charge in [-0.05, 0) is 30.8 Å². The summed E-state index contributed by atoms with van der Waals surface area (Å²) in [5.41, 5.74) is -0.271. The van der Waals surface area contributed by atoms with Gasteiger partial charge >= 0.3 is 11.0 Å². The Labute approximate surface area is 153 Å². The summed E-state index contributed by atoms with van der Waals surface area (Å²) in [6.07, 6.45) is 0.998. The number of carbonyl (C=O) groups is 1. The van der Waals surface area contributed by atoms with Crippen molar-refractivity contribution in [3.63, 3.8) is 0 Å². The quantitative estimate of drug-likeness (QED) is 0.511. The van der Waals surface area contributed by atoms with Gasteiger partial charge in [-0.2, -0.15) is 0 Å². The van der Waals surface area contributed by atoms with Gasteiger partial charge in [0.05, 0.1) is 12.9 Å². The highest BCUT2D eigenvalue weighted by molar-refractivity contribution is 8.13. The molecular weight excluding hydrogens is 356 g/mol. The summed E-state index contributed by atoms with van der Waals surface area (Å²) in [6.45, 7) is 1.99. The van der Waals surface area contributed by atoms with Crippen LogP contribution in [0, 0.1) is 0 Å². The second-order valence-electron chi connectivity index (χ2n) is 5.87. The molecule has 9 heteroatoms. The van der Waals surface area contributed by atoms with Crippen LogP contribution >= 0.6 is 11.8 Å². The third-order valence-corrected chi connectivity index (χ3v) is 4.68. The number of imidazole rings is 1. The Bertz CT molecular complexity index is 1070. The van der Waals surface area contributed by atoms with Crippen LogP contribution in [0.1, 0.15) is 6.92 Å². The van der Waals surface area contributed by atoms with E-state index in [1.165, 1.54) is 17.9 Å². The number of rotatable bonds is 4. The summed E-state index contributed by atoms with van der Waals surface area (Å²) in [6, 6.07) is 9.21. The number of benzene rings is 1. The second kappa shape index (κ2) is 7.20. The summed E-state index contributed by atoms with van der Waals surface area (Å²) < 4.78 is 9.34. The molecule has 0 aliphatic rings. The number of aryl methyl sites for hydroxylation is 1. The van der Waals surface area contributed by atoms with E-state index in [2.05, 4.69) is 4.98 Å². The summed E-state index contributed by atoms with van der Waals surface area (Å²) >= 11 is 1.00. The largest absolute Gasteiger partial charge is 0.452 e. The van der Waals surface area contributed by atoms with Gasteiger partial charge in [-0.3, -0.25) is 13.9 Å². The molecule has 3 aromatic rings. The molecule has 0 bridgehead atoms. The maximum Gasteiger partial charge on any atom is 0.372 e. The Morgan fingerprint density at radius 1 is 1.19 bits per heavy atom. The van der Waals surface area contributed by atoms with E-state index < -0.39 is 22.7 Å². The second-order valence-corrected chi connectivity index (χ2v) is 6.88. The lowest BCUT2D eigenvalue weighted by Gasteiger charge is -2.14. The van der Waals surface area contributed by atoms with E-state index >= 15 is 0 Å². The van der Waals surface area contributed by atoms with Gasteiger partial charge < -0.3 is 9.30 Å².